The Labute approximate surface area is 163 Å². The smallest absolute Gasteiger partial charge is 0.351 e. The third-order valence-electron chi connectivity index (χ3n) is 4.57. The van der Waals surface area contributed by atoms with Gasteiger partial charge in [0, 0.05) is 17.0 Å². The molecule has 2 heterocycles. The van der Waals surface area contributed by atoms with Crippen molar-refractivity contribution in [2.75, 3.05) is 16.8 Å². The molecular weight excluding hydrogens is 453 g/mol. The van der Waals surface area contributed by atoms with Gasteiger partial charge in [-0.25, -0.2) is 4.79 Å². The van der Waals surface area contributed by atoms with Crippen LogP contribution in [-0.4, -0.2) is 51.8 Å². The molecule has 142 valence electrons. The van der Waals surface area contributed by atoms with Crippen molar-refractivity contribution in [2.45, 2.75) is 62.9 Å². The van der Waals surface area contributed by atoms with E-state index in [2.05, 4.69) is 40.7 Å². The Morgan fingerprint density at radius 2 is 2.20 bits per heavy atom. The molecule has 0 spiro atoms. The number of alkyl halides is 1. The lowest BCUT2D eigenvalue weighted by Gasteiger charge is -2.37. The minimum Gasteiger partial charge on any atom is -0.393 e. The molecule has 1 aromatic heterocycles. The normalized spacial score (nSPS) is 30.2. The van der Waals surface area contributed by atoms with E-state index in [0.717, 1.165) is 0 Å². The average Bonchev–Trinajstić information content (AvgIpc) is 2.81. The molecule has 0 aliphatic carbocycles. The van der Waals surface area contributed by atoms with E-state index >= 15 is 0 Å². The number of hydrogen-bond acceptors (Lipinski definition) is 6. The third-order valence-corrected chi connectivity index (χ3v) is 8.30. The highest BCUT2D eigenvalue weighted by atomic mass is 127. The van der Waals surface area contributed by atoms with Crippen LogP contribution in [0.3, 0.4) is 0 Å². The lowest BCUT2D eigenvalue weighted by Crippen LogP contribution is -2.53. The Balaban J connectivity index is 2.58. The van der Waals surface area contributed by atoms with Crippen LogP contribution >= 0.6 is 22.6 Å². The van der Waals surface area contributed by atoms with Gasteiger partial charge in [0.15, 0.2) is 0 Å². The summed E-state index contributed by atoms with van der Waals surface area (Å²) in [6.45, 7) is 10.0. The molecule has 2 rings (SSSR count). The Morgan fingerprint density at radius 1 is 1.56 bits per heavy atom. The van der Waals surface area contributed by atoms with Crippen LogP contribution in [-0.2, 0) is 14.8 Å². The highest BCUT2D eigenvalue weighted by Gasteiger charge is 2.59. The second-order valence-electron chi connectivity index (χ2n) is 7.89. The van der Waals surface area contributed by atoms with Crippen LogP contribution in [0.2, 0.25) is 13.1 Å². The molecular formula is C16H28IN3O4Si. The number of nitrogens with two attached hydrogens (primary N) is 1. The fourth-order valence-corrected chi connectivity index (χ4v) is 6.06. The zero-order chi connectivity index (χ0) is 19.0. The summed E-state index contributed by atoms with van der Waals surface area (Å²) in [5.41, 5.74) is 3.96. The van der Waals surface area contributed by atoms with Gasteiger partial charge in [0.05, 0.1) is 27.1 Å². The summed E-state index contributed by atoms with van der Waals surface area (Å²) in [6, 6.07) is 1.60. The van der Waals surface area contributed by atoms with Gasteiger partial charge in [-0.05, 0) is 26.8 Å². The van der Waals surface area contributed by atoms with Gasteiger partial charge in [0.25, 0.3) is 0 Å². The van der Waals surface area contributed by atoms with Gasteiger partial charge in [-0.1, -0.05) is 35.7 Å². The number of aliphatic hydroxyl groups excluding tert-OH is 1. The SMILES string of the molecule is C[SiH](C)[C@]1(n2ccc(N)nc2=O)C[C@H](OC(C)(C)C)[C@](CO)(CI)O1. The lowest BCUT2D eigenvalue weighted by molar-refractivity contribution is -0.163. The van der Waals surface area contributed by atoms with E-state index in [1.807, 2.05) is 20.8 Å². The van der Waals surface area contributed by atoms with Gasteiger partial charge < -0.3 is 20.3 Å². The van der Waals surface area contributed by atoms with Crippen LogP contribution in [0, 0.1) is 0 Å². The summed E-state index contributed by atoms with van der Waals surface area (Å²) in [6.07, 6.45) is 1.82. The van der Waals surface area contributed by atoms with Crippen LogP contribution in [0.4, 0.5) is 5.82 Å². The van der Waals surface area contributed by atoms with E-state index in [4.69, 9.17) is 15.2 Å². The van der Waals surface area contributed by atoms with Crippen molar-refractivity contribution >= 4 is 37.2 Å². The number of ether oxygens (including phenoxy) is 2. The third kappa shape index (κ3) is 3.94. The molecule has 0 radical (unpaired) electrons. The quantitative estimate of drug-likeness (QED) is 0.374. The summed E-state index contributed by atoms with van der Waals surface area (Å²) in [5.74, 6) is 0.185. The molecule has 1 saturated heterocycles. The fraction of sp³-hybridized carbons (Fsp3) is 0.750. The fourth-order valence-electron chi connectivity index (χ4n) is 3.26. The van der Waals surface area contributed by atoms with Gasteiger partial charge in [-0.2, -0.15) is 4.98 Å². The maximum absolute atomic E-state index is 12.5. The first-order valence-corrected chi connectivity index (χ1v) is 12.8. The van der Waals surface area contributed by atoms with Crippen molar-refractivity contribution in [3.8, 4) is 0 Å². The Kier molecular flexibility index (Phi) is 6.04. The molecule has 0 bridgehead atoms. The van der Waals surface area contributed by atoms with Crippen molar-refractivity contribution in [3.63, 3.8) is 0 Å². The first kappa shape index (κ1) is 20.8. The van der Waals surface area contributed by atoms with Crippen LogP contribution in [0.1, 0.15) is 27.2 Å². The number of aliphatic hydroxyl groups is 1. The molecule has 1 aliphatic rings. The van der Waals surface area contributed by atoms with Crippen LogP contribution < -0.4 is 11.4 Å². The maximum Gasteiger partial charge on any atom is 0.351 e. The second kappa shape index (κ2) is 7.26. The van der Waals surface area contributed by atoms with Crippen LogP contribution in [0.5, 0.6) is 0 Å². The number of rotatable bonds is 5. The number of halogens is 1. The largest absolute Gasteiger partial charge is 0.393 e. The zero-order valence-corrected chi connectivity index (χ0v) is 18.8. The van der Waals surface area contributed by atoms with E-state index in [0.29, 0.717) is 10.8 Å². The molecule has 0 unspecified atom stereocenters. The first-order chi connectivity index (χ1) is 11.5. The van der Waals surface area contributed by atoms with Gasteiger partial charge in [0.1, 0.15) is 16.8 Å². The predicted molar refractivity (Wildman–Crippen MR) is 109 cm³/mol. The molecule has 25 heavy (non-hydrogen) atoms. The first-order valence-electron chi connectivity index (χ1n) is 8.40. The molecule has 1 aliphatic heterocycles. The van der Waals surface area contributed by atoms with Gasteiger partial charge in [-0.15, -0.1) is 0 Å². The molecule has 7 nitrogen and oxygen atoms in total. The zero-order valence-electron chi connectivity index (χ0n) is 15.5. The summed E-state index contributed by atoms with van der Waals surface area (Å²) in [5, 5.41) is 9.32. The Morgan fingerprint density at radius 3 is 2.64 bits per heavy atom. The average molecular weight is 481 g/mol. The van der Waals surface area contributed by atoms with Gasteiger partial charge in [-0.3, -0.25) is 4.57 Å². The standard InChI is InChI=1S/C16H28IN3O4Si/c1-14(2,3)23-11-8-16(25(4)5,24-15(11,9-17)10-21)20-7-6-12(18)19-13(20)22/h6-7,11,21,25H,8-10H2,1-5H3,(H2,18,19,22)/t11-,15+,16-/m0/s1. The van der Waals surface area contributed by atoms with Crippen molar-refractivity contribution in [3.05, 3.63) is 22.7 Å². The Hall–Kier alpha value is -0.493. The monoisotopic (exact) mass is 481 g/mol. The minimum atomic E-state index is -1.58. The lowest BCUT2D eigenvalue weighted by atomic mass is 9.98. The summed E-state index contributed by atoms with van der Waals surface area (Å²) >= 11 is 2.21. The summed E-state index contributed by atoms with van der Waals surface area (Å²) in [7, 11) is -1.58. The molecule has 1 fully saturated rings. The Bertz CT molecular complexity index is 672. The molecule has 0 saturated carbocycles. The van der Waals surface area contributed by atoms with E-state index in [9.17, 15) is 9.90 Å². The van der Waals surface area contributed by atoms with Gasteiger partial charge >= 0.3 is 5.69 Å². The van der Waals surface area contributed by atoms with Gasteiger partial charge in [0.2, 0.25) is 0 Å². The highest BCUT2D eigenvalue weighted by molar-refractivity contribution is 14.1. The number of hydrogen-bond donors (Lipinski definition) is 2. The molecule has 1 aromatic rings. The maximum atomic E-state index is 12.5. The van der Waals surface area contributed by atoms with E-state index in [1.54, 1.807) is 16.8 Å². The van der Waals surface area contributed by atoms with E-state index < -0.39 is 25.4 Å². The molecule has 9 heteroatoms. The highest BCUT2D eigenvalue weighted by Crippen LogP contribution is 2.46. The van der Waals surface area contributed by atoms with Crippen LogP contribution in [0.15, 0.2) is 17.1 Å². The second-order valence-corrected chi connectivity index (χ2v) is 11.9. The number of nitrogens with zero attached hydrogens (tertiary/aromatic N) is 2. The minimum absolute atomic E-state index is 0.170. The van der Waals surface area contributed by atoms with Crippen molar-refractivity contribution in [1.29, 1.82) is 0 Å². The number of anilines is 1. The van der Waals surface area contributed by atoms with Crippen molar-refractivity contribution < 1.29 is 14.6 Å². The topological polar surface area (TPSA) is 99.6 Å². The summed E-state index contributed by atoms with van der Waals surface area (Å²) < 4.78 is 14.9. The molecule has 3 atom stereocenters. The van der Waals surface area contributed by atoms with E-state index in [-0.39, 0.29) is 24.1 Å². The number of nitrogen functional groups attached to an aromatic ring is 1. The molecule has 0 aromatic carbocycles. The molecule has 0 amide bonds. The predicted octanol–water partition coefficient (Wildman–Crippen LogP) is 1.27. The van der Waals surface area contributed by atoms with E-state index in [1.165, 1.54) is 0 Å². The van der Waals surface area contributed by atoms with Crippen LogP contribution in [0.25, 0.3) is 0 Å². The van der Waals surface area contributed by atoms with Crippen molar-refractivity contribution in [1.82, 2.24) is 9.55 Å². The molecule has 3 N–H and O–H groups in total. The van der Waals surface area contributed by atoms with Crippen molar-refractivity contribution in [2.24, 2.45) is 0 Å². The number of aromatic nitrogens is 2. The summed E-state index contributed by atoms with van der Waals surface area (Å²) in [4.78, 5) is 16.4.